The molecule has 0 aromatic heterocycles. The van der Waals surface area contributed by atoms with Crippen molar-refractivity contribution < 1.29 is 23.1 Å². The molecule has 0 aliphatic carbocycles. The zero-order chi connectivity index (χ0) is 27.0. The quantitative estimate of drug-likeness (QED) is 0.320. The number of hydrogen-bond donors (Lipinski definition) is 5. The van der Waals surface area contributed by atoms with Gasteiger partial charge < -0.3 is 26.0 Å². The van der Waals surface area contributed by atoms with Gasteiger partial charge in [-0.1, -0.05) is 24.6 Å². The topological polar surface area (TPSA) is 152 Å². The first-order valence-electron chi connectivity index (χ1n) is 12.8. The summed E-state index contributed by atoms with van der Waals surface area (Å²) in [5.74, 6) is -1.06. The minimum Gasteiger partial charge on any atom is -0.480 e. The van der Waals surface area contributed by atoms with E-state index in [1.807, 2.05) is 12.1 Å². The number of anilines is 1. The van der Waals surface area contributed by atoms with E-state index in [1.165, 1.54) is 12.1 Å². The van der Waals surface area contributed by atoms with E-state index < -0.39 is 34.5 Å². The van der Waals surface area contributed by atoms with Gasteiger partial charge in [-0.15, -0.1) is 0 Å². The highest BCUT2D eigenvalue weighted by molar-refractivity contribution is 7.89. The van der Waals surface area contributed by atoms with Gasteiger partial charge >= 0.3 is 5.97 Å². The summed E-state index contributed by atoms with van der Waals surface area (Å²) in [6, 6.07) is 13.1. The van der Waals surface area contributed by atoms with Crippen molar-refractivity contribution in [2.24, 2.45) is 4.99 Å². The second-order valence-corrected chi connectivity index (χ2v) is 11.0. The summed E-state index contributed by atoms with van der Waals surface area (Å²) in [4.78, 5) is 31.2. The third kappa shape index (κ3) is 7.23. The lowest BCUT2D eigenvalue weighted by Crippen LogP contribution is -2.53. The Kier molecular flexibility index (Phi) is 9.19. The maximum atomic E-state index is 12.7. The molecule has 2 aliphatic rings. The van der Waals surface area contributed by atoms with Crippen LogP contribution >= 0.6 is 0 Å². The van der Waals surface area contributed by atoms with E-state index in [0.29, 0.717) is 5.56 Å². The summed E-state index contributed by atoms with van der Waals surface area (Å²) in [5, 5.41) is 18.9. The Morgan fingerprint density at radius 2 is 1.82 bits per heavy atom. The molecule has 0 bridgehead atoms. The van der Waals surface area contributed by atoms with Gasteiger partial charge in [0.25, 0.3) is 5.91 Å². The van der Waals surface area contributed by atoms with Crippen LogP contribution in [0.4, 0.5) is 5.69 Å². The lowest BCUT2D eigenvalue weighted by molar-refractivity contribution is -0.138. The molecule has 0 saturated carbocycles. The molecule has 11 nitrogen and oxygen atoms in total. The van der Waals surface area contributed by atoms with Gasteiger partial charge in [-0.3, -0.25) is 14.6 Å². The van der Waals surface area contributed by atoms with Crippen molar-refractivity contribution in [2.45, 2.75) is 49.2 Å². The van der Waals surface area contributed by atoms with E-state index in [9.17, 15) is 23.1 Å². The van der Waals surface area contributed by atoms with E-state index in [0.717, 1.165) is 63.4 Å². The van der Waals surface area contributed by atoms with Crippen LogP contribution < -0.4 is 25.6 Å². The Balaban J connectivity index is 1.39. The lowest BCUT2D eigenvalue weighted by Gasteiger charge is -2.34. The number of nitrogens with zero attached hydrogens (tertiary/aromatic N) is 2. The largest absolute Gasteiger partial charge is 0.480 e. The van der Waals surface area contributed by atoms with E-state index in [-0.39, 0.29) is 11.1 Å². The summed E-state index contributed by atoms with van der Waals surface area (Å²) >= 11 is 0. The second-order valence-electron chi connectivity index (χ2n) is 9.30. The van der Waals surface area contributed by atoms with Crippen molar-refractivity contribution in [3.63, 3.8) is 0 Å². The monoisotopic (exact) mass is 542 g/mol. The van der Waals surface area contributed by atoms with Gasteiger partial charge in [0.1, 0.15) is 12.2 Å². The van der Waals surface area contributed by atoms with Crippen LogP contribution in [0, 0.1) is 0 Å². The second kappa shape index (κ2) is 12.7. The van der Waals surface area contributed by atoms with E-state index in [4.69, 9.17) is 0 Å². The highest BCUT2D eigenvalue weighted by Gasteiger charge is 2.26. The number of amides is 1. The van der Waals surface area contributed by atoms with E-state index in [1.54, 1.807) is 30.3 Å². The standard InChI is InChI=1S/C26H34N6O5S/c33-24(29-18-22(25(34)35)31-38(36,37)21-8-3-1-4-9-21)19-11-13-20(14-12-19)32-17-6-2-5-10-23(32)30-26-27-15-7-16-28-26/h1,3-4,8-9,11-14,22-23,31H,2,5-7,10,15-18H2,(H,29,33)(H,34,35)(H2,27,28,30)/t22-,23?/m0/s1. The van der Waals surface area contributed by atoms with Gasteiger partial charge in [-0.2, -0.15) is 4.72 Å². The summed E-state index contributed by atoms with van der Waals surface area (Å²) in [5.41, 5.74) is 1.32. The number of carbonyl (C=O) groups excluding carboxylic acids is 1. The molecule has 4 rings (SSSR count). The van der Waals surface area contributed by atoms with Gasteiger partial charge in [0.2, 0.25) is 10.0 Å². The van der Waals surface area contributed by atoms with Crippen LogP contribution in [0.15, 0.2) is 64.5 Å². The Labute approximate surface area is 222 Å². The number of nitrogens with one attached hydrogen (secondary N) is 4. The molecule has 0 radical (unpaired) electrons. The van der Waals surface area contributed by atoms with Crippen molar-refractivity contribution in [3.05, 3.63) is 60.2 Å². The van der Waals surface area contributed by atoms with Gasteiger partial charge in [0, 0.05) is 37.4 Å². The molecule has 5 N–H and O–H groups in total. The fourth-order valence-electron chi connectivity index (χ4n) is 4.49. The first kappa shape index (κ1) is 27.4. The first-order chi connectivity index (χ1) is 18.3. The average molecular weight is 543 g/mol. The predicted molar refractivity (Wildman–Crippen MR) is 145 cm³/mol. The van der Waals surface area contributed by atoms with Crippen molar-refractivity contribution in [1.82, 2.24) is 20.7 Å². The van der Waals surface area contributed by atoms with Crippen molar-refractivity contribution in [3.8, 4) is 0 Å². The van der Waals surface area contributed by atoms with Crippen LogP contribution in [0.25, 0.3) is 0 Å². The molecular formula is C26H34N6O5S. The number of carbonyl (C=O) groups is 2. The summed E-state index contributed by atoms with van der Waals surface area (Å²) < 4.78 is 27.2. The minimum atomic E-state index is -4.06. The van der Waals surface area contributed by atoms with Crippen molar-refractivity contribution in [1.29, 1.82) is 0 Å². The molecule has 1 saturated heterocycles. The SMILES string of the molecule is O=C(NC[C@H](NS(=O)(=O)c1ccccc1)C(=O)O)c1ccc(N2CCCCCC2NC2=NCCCN2)cc1. The number of hydrogen-bond acceptors (Lipinski definition) is 8. The molecule has 204 valence electrons. The maximum absolute atomic E-state index is 12.7. The smallest absolute Gasteiger partial charge is 0.323 e. The van der Waals surface area contributed by atoms with Gasteiger partial charge in [-0.05, 0) is 62.1 Å². The average Bonchev–Trinajstić information content (AvgIpc) is 3.17. The number of aliphatic imine (C=N–C) groups is 1. The molecule has 1 unspecified atom stereocenters. The molecule has 1 amide bonds. The van der Waals surface area contributed by atoms with Crippen molar-refractivity contribution in [2.75, 3.05) is 31.1 Å². The van der Waals surface area contributed by atoms with Gasteiger partial charge in [0.15, 0.2) is 5.96 Å². The number of rotatable bonds is 9. The Morgan fingerprint density at radius 3 is 2.50 bits per heavy atom. The van der Waals surface area contributed by atoms with Crippen molar-refractivity contribution >= 4 is 33.5 Å². The molecule has 2 heterocycles. The molecule has 2 aromatic rings. The zero-order valence-corrected chi connectivity index (χ0v) is 21.9. The molecule has 38 heavy (non-hydrogen) atoms. The van der Waals surface area contributed by atoms with E-state index >= 15 is 0 Å². The minimum absolute atomic E-state index is 0.0548. The molecule has 12 heteroatoms. The van der Waals surface area contributed by atoms with Crippen LogP contribution in [-0.2, 0) is 14.8 Å². The molecule has 2 atom stereocenters. The Bertz CT molecular complexity index is 1240. The highest BCUT2D eigenvalue weighted by Crippen LogP contribution is 2.24. The van der Waals surface area contributed by atoms with Crippen LogP contribution in [0.5, 0.6) is 0 Å². The van der Waals surface area contributed by atoms with Crippen LogP contribution in [-0.4, -0.2) is 69.7 Å². The molecule has 1 fully saturated rings. The summed E-state index contributed by atoms with van der Waals surface area (Å²) in [6.45, 7) is 2.18. The summed E-state index contributed by atoms with van der Waals surface area (Å²) in [6.07, 6.45) is 5.40. The fraction of sp³-hybridized carbons (Fsp3) is 0.423. The predicted octanol–water partition coefficient (Wildman–Crippen LogP) is 1.49. The molecule has 2 aliphatic heterocycles. The Morgan fingerprint density at radius 1 is 1.05 bits per heavy atom. The van der Waals surface area contributed by atoms with Gasteiger partial charge in [0.05, 0.1) is 4.90 Å². The van der Waals surface area contributed by atoms with Crippen LogP contribution in [0.3, 0.4) is 0 Å². The molecular weight excluding hydrogens is 508 g/mol. The number of sulfonamides is 1. The fourth-order valence-corrected chi connectivity index (χ4v) is 5.70. The zero-order valence-electron chi connectivity index (χ0n) is 21.1. The van der Waals surface area contributed by atoms with E-state index in [2.05, 4.69) is 30.6 Å². The van der Waals surface area contributed by atoms with Crippen LogP contribution in [0.1, 0.15) is 42.5 Å². The maximum Gasteiger partial charge on any atom is 0.323 e. The number of aliphatic carboxylic acids is 1. The number of benzene rings is 2. The van der Waals surface area contributed by atoms with Gasteiger partial charge in [-0.25, -0.2) is 8.42 Å². The first-order valence-corrected chi connectivity index (χ1v) is 14.3. The molecule has 0 spiro atoms. The number of carboxylic acid groups (broad SMARTS) is 1. The molecule has 2 aromatic carbocycles. The summed E-state index contributed by atoms with van der Waals surface area (Å²) in [7, 11) is -4.06. The lowest BCUT2D eigenvalue weighted by atomic mass is 10.1. The third-order valence-electron chi connectivity index (χ3n) is 6.53. The highest BCUT2D eigenvalue weighted by atomic mass is 32.2. The Hall–Kier alpha value is -3.64. The normalized spacial score (nSPS) is 18.9. The van der Waals surface area contributed by atoms with Crippen LogP contribution in [0.2, 0.25) is 0 Å². The third-order valence-corrected chi connectivity index (χ3v) is 8.02. The number of carboxylic acids is 1. The number of guanidine groups is 1.